The third-order valence-electron chi connectivity index (χ3n) is 6.12. The molecule has 0 saturated carbocycles. The zero-order valence-electron chi connectivity index (χ0n) is 18.6. The lowest BCUT2D eigenvalue weighted by Gasteiger charge is -2.39. The molecular weight excluding hydrogens is 426 g/mol. The highest BCUT2D eigenvalue weighted by molar-refractivity contribution is 5.75. The Morgan fingerprint density at radius 3 is 2.06 bits per heavy atom. The third kappa shape index (κ3) is 4.91. The molecule has 3 fully saturated rings. The number of urea groups is 1. The number of nitrogen functional groups attached to an aromatic ring is 1. The van der Waals surface area contributed by atoms with Crippen molar-refractivity contribution in [2.75, 3.05) is 94.3 Å². The van der Waals surface area contributed by atoms with Crippen molar-refractivity contribution < 1.29 is 14.3 Å². The topological polar surface area (TPSA) is 126 Å². The second-order valence-corrected chi connectivity index (χ2v) is 8.20. The number of hydrogen-bond donors (Lipinski definition) is 1. The van der Waals surface area contributed by atoms with E-state index in [9.17, 15) is 4.79 Å². The molecule has 176 valence electrons. The van der Waals surface area contributed by atoms with Crippen LogP contribution in [-0.4, -0.2) is 115 Å². The maximum Gasteiger partial charge on any atom is 0.320 e. The number of morpholine rings is 2. The van der Waals surface area contributed by atoms with Gasteiger partial charge in [0.05, 0.1) is 32.1 Å². The molecule has 0 aliphatic carbocycles. The predicted octanol–water partition coefficient (Wildman–Crippen LogP) is -0.0734. The number of amides is 2. The molecule has 2 aromatic rings. The summed E-state index contributed by atoms with van der Waals surface area (Å²) in [5.41, 5.74) is 7.19. The van der Waals surface area contributed by atoms with Gasteiger partial charge < -0.3 is 34.8 Å². The minimum Gasteiger partial charge on any atom is -0.378 e. The fraction of sp³-hybridized carbons (Fsp3) is 0.571. The second-order valence-electron chi connectivity index (χ2n) is 8.20. The minimum atomic E-state index is 0.0920. The summed E-state index contributed by atoms with van der Waals surface area (Å²) < 4.78 is 10.9. The molecule has 0 radical (unpaired) electrons. The van der Waals surface area contributed by atoms with Crippen molar-refractivity contribution in [3.8, 4) is 11.3 Å². The Kier molecular flexibility index (Phi) is 6.35. The van der Waals surface area contributed by atoms with Crippen molar-refractivity contribution in [1.29, 1.82) is 0 Å². The van der Waals surface area contributed by atoms with E-state index in [0.29, 0.717) is 71.6 Å². The smallest absolute Gasteiger partial charge is 0.320 e. The van der Waals surface area contributed by atoms with Crippen LogP contribution in [0.15, 0.2) is 18.5 Å². The van der Waals surface area contributed by atoms with Crippen molar-refractivity contribution in [2.24, 2.45) is 0 Å². The normalized spacial score (nSPS) is 19.6. The number of rotatable bonds is 3. The molecule has 0 unspecified atom stereocenters. The summed E-state index contributed by atoms with van der Waals surface area (Å²) in [6.45, 7) is 7.99. The van der Waals surface area contributed by atoms with E-state index in [0.717, 1.165) is 30.2 Å². The quantitative estimate of drug-likeness (QED) is 0.672. The zero-order valence-corrected chi connectivity index (χ0v) is 18.6. The summed E-state index contributed by atoms with van der Waals surface area (Å²) in [4.78, 5) is 38.8. The van der Waals surface area contributed by atoms with Crippen LogP contribution in [0, 0.1) is 0 Å². The van der Waals surface area contributed by atoms with Crippen LogP contribution in [0.25, 0.3) is 11.3 Å². The van der Waals surface area contributed by atoms with Crippen molar-refractivity contribution in [3.05, 3.63) is 18.5 Å². The average Bonchev–Trinajstić information content (AvgIpc) is 2.89. The predicted molar refractivity (Wildman–Crippen MR) is 122 cm³/mol. The number of piperazine rings is 1. The van der Waals surface area contributed by atoms with Crippen molar-refractivity contribution in [1.82, 2.24) is 29.7 Å². The third-order valence-corrected chi connectivity index (χ3v) is 6.12. The molecule has 0 spiro atoms. The summed E-state index contributed by atoms with van der Waals surface area (Å²) in [7, 11) is 0. The summed E-state index contributed by atoms with van der Waals surface area (Å²) in [5.74, 6) is 1.72. The SMILES string of the molecule is Nc1ncc(-c2cc(N3CCN(C(=O)N4CCOCC4)CC3)nc(N3CCOCC3)n2)cn1. The Morgan fingerprint density at radius 1 is 0.788 bits per heavy atom. The molecule has 5 rings (SSSR count). The summed E-state index contributed by atoms with van der Waals surface area (Å²) in [5, 5.41) is 0. The number of carbonyl (C=O) groups is 1. The molecule has 2 aromatic heterocycles. The van der Waals surface area contributed by atoms with Gasteiger partial charge in [-0.2, -0.15) is 4.98 Å². The highest BCUT2D eigenvalue weighted by Gasteiger charge is 2.28. The molecule has 3 saturated heterocycles. The van der Waals surface area contributed by atoms with E-state index >= 15 is 0 Å². The molecule has 33 heavy (non-hydrogen) atoms. The van der Waals surface area contributed by atoms with Gasteiger partial charge in [-0.25, -0.2) is 19.7 Å². The Bertz CT molecular complexity index is 954. The van der Waals surface area contributed by atoms with Crippen LogP contribution in [0.4, 0.5) is 22.5 Å². The molecule has 0 aromatic carbocycles. The van der Waals surface area contributed by atoms with Gasteiger partial charge in [-0.15, -0.1) is 0 Å². The largest absolute Gasteiger partial charge is 0.378 e. The van der Waals surface area contributed by atoms with E-state index in [1.54, 1.807) is 12.4 Å². The average molecular weight is 456 g/mol. The number of nitrogens with two attached hydrogens (primary N) is 1. The number of carbonyl (C=O) groups excluding carboxylic acids is 1. The summed E-state index contributed by atoms with van der Waals surface area (Å²) >= 11 is 0. The van der Waals surface area contributed by atoms with Crippen molar-refractivity contribution in [2.45, 2.75) is 0 Å². The molecule has 12 nitrogen and oxygen atoms in total. The first kappa shape index (κ1) is 21.6. The Morgan fingerprint density at radius 2 is 1.39 bits per heavy atom. The summed E-state index contributed by atoms with van der Waals surface area (Å²) in [6.07, 6.45) is 3.35. The highest BCUT2D eigenvalue weighted by Crippen LogP contribution is 2.26. The first-order valence-electron chi connectivity index (χ1n) is 11.3. The van der Waals surface area contributed by atoms with Crippen LogP contribution in [0.5, 0.6) is 0 Å². The molecule has 12 heteroatoms. The Labute approximate surface area is 192 Å². The van der Waals surface area contributed by atoms with E-state index in [4.69, 9.17) is 25.2 Å². The van der Waals surface area contributed by atoms with Crippen LogP contribution >= 0.6 is 0 Å². The van der Waals surface area contributed by atoms with Crippen molar-refractivity contribution in [3.63, 3.8) is 0 Å². The van der Waals surface area contributed by atoms with Gasteiger partial charge in [-0.3, -0.25) is 0 Å². The van der Waals surface area contributed by atoms with Crippen LogP contribution in [0.3, 0.4) is 0 Å². The van der Waals surface area contributed by atoms with Gasteiger partial charge in [0.15, 0.2) is 0 Å². The molecule has 2 amide bonds. The standard InChI is InChI=1S/C21H29N9O3/c22-19-23-14-16(15-24-19)17-13-18(26-20(25-17)28-5-9-32-10-6-28)27-1-3-29(4-2-27)21(31)30-7-11-33-12-8-30/h13-15H,1-12H2,(H2,22,23,24). The fourth-order valence-electron chi connectivity index (χ4n) is 4.19. The molecule has 3 aliphatic rings. The van der Waals surface area contributed by atoms with E-state index < -0.39 is 0 Å². The van der Waals surface area contributed by atoms with Crippen LogP contribution in [0.1, 0.15) is 0 Å². The monoisotopic (exact) mass is 455 g/mol. The van der Waals surface area contributed by atoms with E-state index in [2.05, 4.69) is 19.8 Å². The van der Waals surface area contributed by atoms with E-state index in [1.807, 2.05) is 15.9 Å². The Hall–Kier alpha value is -3.25. The maximum atomic E-state index is 12.8. The van der Waals surface area contributed by atoms with Gasteiger partial charge >= 0.3 is 6.03 Å². The number of nitrogens with zero attached hydrogens (tertiary/aromatic N) is 8. The summed E-state index contributed by atoms with van der Waals surface area (Å²) in [6, 6.07) is 2.05. The fourth-order valence-corrected chi connectivity index (χ4v) is 4.19. The first-order valence-corrected chi connectivity index (χ1v) is 11.3. The number of hydrogen-bond acceptors (Lipinski definition) is 10. The highest BCUT2D eigenvalue weighted by atomic mass is 16.5. The molecule has 3 aliphatic heterocycles. The van der Waals surface area contributed by atoms with Gasteiger partial charge in [0.1, 0.15) is 5.82 Å². The second kappa shape index (κ2) is 9.71. The lowest BCUT2D eigenvalue weighted by atomic mass is 10.2. The molecule has 0 atom stereocenters. The lowest BCUT2D eigenvalue weighted by Crippen LogP contribution is -2.55. The van der Waals surface area contributed by atoms with E-state index in [-0.39, 0.29) is 12.0 Å². The van der Waals surface area contributed by atoms with E-state index in [1.165, 1.54) is 0 Å². The van der Waals surface area contributed by atoms with Crippen molar-refractivity contribution >= 4 is 23.7 Å². The van der Waals surface area contributed by atoms with Gasteiger partial charge in [0.2, 0.25) is 11.9 Å². The Balaban J connectivity index is 1.35. The van der Waals surface area contributed by atoms with Crippen LogP contribution < -0.4 is 15.5 Å². The molecule has 0 bridgehead atoms. The minimum absolute atomic E-state index is 0.0920. The molecule has 2 N–H and O–H groups in total. The van der Waals surface area contributed by atoms with Gasteiger partial charge in [-0.1, -0.05) is 0 Å². The lowest BCUT2D eigenvalue weighted by molar-refractivity contribution is 0.0428. The number of anilines is 3. The van der Waals surface area contributed by atoms with Crippen LogP contribution in [0.2, 0.25) is 0 Å². The molecule has 5 heterocycles. The number of aromatic nitrogens is 4. The van der Waals surface area contributed by atoms with Gasteiger partial charge in [0.25, 0.3) is 0 Å². The van der Waals surface area contributed by atoms with Crippen LogP contribution in [-0.2, 0) is 9.47 Å². The number of ether oxygens (including phenoxy) is 2. The zero-order chi connectivity index (χ0) is 22.6. The molecular formula is C21H29N9O3. The van der Waals surface area contributed by atoms with Gasteiger partial charge in [0, 0.05) is 76.4 Å². The maximum absolute atomic E-state index is 12.8. The van der Waals surface area contributed by atoms with Gasteiger partial charge in [-0.05, 0) is 0 Å². The first-order chi connectivity index (χ1) is 16.2.